The minimum absolute atomic E-state index is 0.104. The maximum atomic E-state index is 6.16. The van der Waals surface area contributed by atoms with E-state index < -0.39 is 0 Å². The third-order valence-corrected chi connectivity index (χ3v) is 3.67. The van der Waals surface area contributed by atoms with Crippen LogP contribution in [-0.2, 0) is 0 Å². The largest absolute Gasteiger partial charge is 0.494 e. The lowest BCUT2D eigenvalue weighted by Crippen LogP contribution is -2.17. The Bertz CT molecular complexity index is 327. The van der Waals surface area contributed by atoms with Crippen LogP contribution < -0.4 is 10.5 Å². The van der Waals surface area contributed by atoms with Crippen molar-refractivity contribution < 1.29 is 4.74 Å². The second-order valence-electron chi connectivity index (χ2n) is 4.49. The molecule has 0 fully saturated rings. The van der Waals surface area contributed by atoms with Gasteiger partial charge in [0.15, 0.2) is 0 Å². The van der Waals surface area contributed by atoms with Crippen molar-refractivity contribution in [1.29, 1.82) is 0 Å². The van der Waals surface area contributed by atoms with Crippen LogP contribution in [0.1, 0.15) is 18.5 Å². The third kappa shape index (κ3) is 5.76. The van der Waals surface area contributed by atoms with E-state index in [1.807, 2.05) is 30.8 Å². The number of hydrogen-bond donors (Lipinski definition) is 1. The second-order valence-corrected chi connectivity index (χ2v) is 5.64. The van der Waals surface area contributed by atoms with Gasteiger partial charge in [-0.2, -0.15) is 11.8 Å². The molecule has 1 atom stereocenters. The van der Waals surface area contributed by atoms with Crippen molar-refractivity contribution in [2.45, 2.75) is 13.0 Å². The quantitative estimate of drug-likeness (QED) is 0.735. The monoisotopic (exact) mass is 268 g/mol. The smallest absolute Gasteiger partial charge is 0.119 e. The second kappa shape index (κ2) is 8.40. The van der Waals surface area contributed by atoms with Gasteiger partial charge in [-0.1, -0.05) is 12.1 Å². The average Bonchev–Trinajstić information content (AvgIpc) is 2.35. The standard InChI is InChI=1S/C14H24N2OS/c1-4-17-13-7-5-12(6-8-13)14(15)11-18-10-9-16(2)3/h5-8,14H,4,9-11,15H2,1-3H3. The van der Waals surface area contributed by atoms with Gasteiger partial charge in [0.1, 0.15) is 5.75 Å². The van der Waals surface area contributed by atoms with Crippen LogP contribution in [0.5, 0.6) is 5.75 Å². The lowest BCUT2D eigenvalue weighted by molar-refractivity contribution is 0.340. The number of benzene rings is 1. The summed E-state index contributed by atoms with van der Waals surface area (Å²) in [5.41, 5.74) is 7.34. The Morgan fingerprint density at radius 3 is 2.50 bits per heavy atom. The lowest BCUT2D eigenvalue weighted by atomic mass is 10.1. The van der Waals surface area contributed by atoms with Crippen LogP contribution in [-0.4, -0.2) is 43.7 Å². The van der Waals surface area contributed by atoms with Crippen LogP contribution in [0.25, 0.3) is 0 Å². The molecule has 0 spiro atoms. The first-order valence-electron chi connectivity index (χ1n) is 6.34. The Kier molecular flexibility index (Phi) is 7.16. The van der Waals surface area contributed by atoms with Gasteiger partial charge in [-0.3, -0.25) is 0 Å². The first-order chi connectivity index (χ1) is 8.63. The molecule has 0 radical (unpaired) electrons. The predicted molar refractivity (Wildman–Crippen MR) is 80.4 cm³/mol. The summed E-state index contributed by atoms with van der Waals surface area (Å²) in [5, 5.41) is 0. The molecule has 1 aromatic carbocycles. The molecule has 0 aliphatic carbocycles. The summed E-state index contributed by atoms with van der Waals surface area (Å²) >= 11 is 1.90. The van der Waals surface area contributed by atoms with E-state index in [1.165, 1.54) is 5.56 Å². The summed E-state index contributed by atoms with van der Waals surface area (Å²) in [6.45, 7) is 3.79. The highest BCUT2D eigenvalue weighted by Crippen LogP contribution is 2.19. The molecule has 2 N–H and O–H groups in total. The fourth-order valence-corrected chi connectivity index (χ4v) is 2.64. The number of nitrogens with zero attached hydrogens (tertiary/aromatic N) is 1. The summed E-state index contributed by atoms with van der Waals surface area (Å²) in [7, 11) is 4.18. The Labute approximate surface area is 115 Å². The molecule has 1 unspecified atom stereocenters. The van der Waals surface area contributed by atoms with E-state index in [1.54, 1.807) is 0 Å². The summed E-state index contributed by atoms with van der Waals surface area (Å²) in [6, 6.07) is 8.20. The molecule has 0 aromatic heterocycles. The van der Waals surface area contributed by atoms with E-state index in [0.29, 0.717) is 6.61 Å². The molecule has 4 heteroatoms. The van der Waals surface area contributed by atoms with Gasteiger partial charge in [0.2, 0.25) is 0 Å². The van der Waals surface area contributed by atoms with Crippen LogP contribution in [0.15, 0.2) is 24.3 Å². The zero-order chi connectivity index (χ0) is 13.4. The average molecular weight is 268 g/mol. The predicted octanol–water partition coefficient (Wildman–Crippen LogP) is 2.38. The molecular formula is C14H24N2OS. The van der Waals surface area contributed by atoms with Crippen molar-refractivity contribution in [3.63, 3.8) is 0 Å². The number of hydrogen-bond acceptors (Lipinski definition) is 4. The van der Waals surface area contributed by atoms with Crippen LogP contribution >= 0.6 is 11.8 Å². The minimum Gasteiger partial charge on any atom is -0.494 e. The van der Waals surface area contributed by atoms with Crippen LogP contribution in [0, 0.1) is 0 Å². The van der Waals surface area contributed by atoms with Gasteiger partial charge >= 0.3 is 0 Å². The molecule has 0 amide bonds. The maximum absolute atomic E-state index is 6.16. The van der Waals surface area contributed by atoms with Crippen molar-refractivity contribution >= 4 is 11.8 Å². The maximum Gasteiger partial charge on any atom is 0.119 e. The van der Waals surface area contributed by atoms with E-state index in [-0.39, 0.29) is 6.04 Å². The summed E-state index contributed by atoms with van der Waals surface area (Å²) in [5.74, 6) is 2.99. The van der Waals surface area contributed by atoms with E-state index in [0.717, 1.165) is 23.8 Å². The summed E-state index contributed by atoms with van der Waals surface area (Å²) in [6.07, 6.45) is 0. The van der Waals surface area contributed by atoms with Gasteiger partial charge in [0, 0.05) is 24.1 Å². The van der Waals surface area contributed by atoms with E-state index in [4.69, 9.17) is 10.5 Å². The Balaban J connectivity index is 2.34. The number of thioether (sulfide) groups is 1. The molecule has 0 aliphatic rings. The topological polar surface area (TPSA) is 38.5 Å². The van der Waals surface area contributed by atoms with E-state index >= 15 is 0 Å². The van der Waals surface area contributed by atoms with Gasteiger partial charge in [-0.25, -0.2) is 0 Å². The molecule has 1 aromatic rings. The highest BCUT2D eigenvalue weighted by atomic mass is 32.2. The molecule has 18 heavy (non-hydrogen) atoms. The molecule has 0 heterocycles. The van der Waals surface area contributed by atoms with Gasteiger partial charge in [0.05, 0.1) is 6.61 Å². The molecular weight excluding hydrogens is 244 g/mol. The summed E-state index contributed by atoms with van der Waals surface area (Å²) < 4.78 is 5.41. The minimum atomic E-state index is 0.104. The first-order valence-corrected chi connectivity index (χ1v) is 7.49. The van der Waals surface area contributed by atoms with Crippen LogP contribution in [0.4, 0.5) is 0 Å². The van der Waals surface area contributed by atoms with Gasteiger partial charge in [-0.05, 0) is 38.7 Å². The summed E-state index contributed by atoms with van der Waals surface area (Å²) in [4.78, 5) is 2.19. The highest BCUT2D eigenvalue weighted by Gasteiger charge is 2.06. The SMILES string of the molecule is CCOc1ccc(C(N)CSCCN(C)C)cc1. The van der Waals surface area contributed by atoms with Crippen LogP contribution in [0.3, 0.4) is 0 Å². The molecule has 0 saturated heterocycles. The number of ether oxygens (including phenoxy) is 1. The highest BCUT2D eigenvalue weighted by molar-refractivity contribution is 7.99. The van der Waals surface area contributed by atoms with Crippen molar-refractivity contribution in [2.75, 3.05) is 38.8 Å². The molecule has 102 valence electrons. The Morgan fingerprint density at radius 1 is 1.28 bits per heavy atom. The third-order valence-electron chi connectivity index (χ3n) is 2.60. The molecule has 0 saturated carbocycles. The molecule has 1 rings (SSSR count). The van der Waals surface area contributed by atoms with Gasteiger partial charge in [0.25, 0.3) is 0 Å². The van der Waals surface area contributed by atoms with Crippen molar-refractivity contribution in [2.24, 2.45) is 5.73 Å². The van der Waals surface area contributed by atoms with Crippen molar-refractivity contribution in [1.82, 2.24) is 4.90 Å². The molecule has 0 bridgehead atoms. The Morgan fingerprint density at radius 2 is 1.94 bits per heavy atom. The van der Waals surface area contributed by atoms with Gasteiger partial charge in [-0.15, -0.1) is 0 Å². The van der Waals surface area contributed by atoms with Gasteiger partial charge < -0.3 is 15.4 Å². The zero-order valence-electron chi connectivity index (χ0n) is 11.6. The van der Waals surface area contributed by atoms with E-state index in [9.17, 15) is 0 Å². The fraction of sp³-hybridized carbons (Fsp3) is 0.571. The first kappa shape index (κ1) is 15.3. The zero-order valence-corrected chi connectivity index (χ0v) is 12.4. The Hall–Kier alpha value is -0.710. The van der Waals surface area contributed by atoms with Crippen molar-refractivity contribution in [3.05, 3.63) is 29.8 Å². The fourth-order valence-electron chi connectivity index (χ4n) is 1.53. The number of nitrogens with two attached hydrogens (primary N) is 1. The van der Waals surface area contributed by atoms with E-state index in [2.05, 4.69) is 31.1 Å². The molecule has 0 aliphatic heterocycles. The molecule has 3 nitrogen and oxygen atoms in total. The number of rotatable bonds is 8. The van der Waals surface area contributed by atoms with Crippen molar-refractivity contribution in [3.8, 4) is 5.75 Å². The lowest BCUT2D eigenvalue weighted by Gasteiger charge is -2.14. The normalized spacial score (nSPS) is 12.7. The van der Waals surface area contributed by atoms with Crippen LogP contribution in [0.2, 0.25) is 0 Å².